The molecule has 10 heteroatoms. The maximum absolute atomic E-state index is 12.3. The highest BCUT2D eigenvalue weighted by Crippen LogP contribution is 2.26. The van der Waals surface area contributed by atoms with Crippen LogP contribution in [0.2, 0.25) is 10.2 Å². The number of hydrogen-bond acceptors (Lipinski definition) is 6. The van der Waals surface area contributed by atoms with Gasteiger partial charge in [0.25, 0.3) is 10.0 Å². The van der Waals surface area contributed by atoms with E-state index in [4.69, 9.17) is 33.7 Å². The van der Waals surface area contributed by atoms with Crippen LogP contribution in [0.3, 0.4) is 0 Å². The molecule has 0 saturated heterocycles. The number of sulfonamides is 1. The molecule has 0 unspecified atom stereocenters. The molecule has 0 radical (unpaired) electrons. The van der Waals surface area contributed by atoms with E-state index < -0.39 is 10.0 Å². The molecule has 112 valence electrons. The maximum atomic E-state index is 12.3. The second-order valence-corrected chi connectivity index (χ2v) is 6.30. The number of anilines is 2. The quantitative estimate of drug-likeness (QED) is 0.647. The fourth-order valence-corrected chi connectivity index (χ4v) is 3.10. The van der Waals surface area contributed by atoms with E-state index in [1.54, 1.807) is 0 Å². The van der Waals surface area contributed by atoms with Crippen molar-refractivity contribution in [1.29, 1.82) is 0 Å². The van der Waals surface area contributed by atoms with E-state index in [9.17, 15) is 8.42 Å². The first kappa shape index (κ1) is 15.6. The molecular weight excluding hydrogens is 339 g/mol. The summed E-state index contributed by atoms with van der Waals surface area (Å²) in [7, 11) is -2.64. The summed E-state index contributed by atoms with van der Waals surface area (Å²) in [5.74, 6) is -0.121. The van der Waals surface area contributed by atoms with Gasteiger partial charge in [0.2, 0.25) is 11.8 Å². The third kappa shape index (κ3) is 3.66. The molecule has 3 N–H and O–H groups in total. The molecule has 0 spiro atoms. The van der Waals surface area contributed by atoms with Crippen LogP contribution in [0.1, 0.15) is 0 Å². The molecule has 0 saturated carbocycles. The number of halogens is 2. The van der Waals surface area contributed by atoms with Gasteiger partial charge in [-0.1, -0.05) is 23.2 Å². The van der Waals surface area contributed by atoms with Crippen LogP contribution in [0.5, 0.6) is 5.88 Å². The van der Waals surface area contributed by atoms with Crippen molar-refractivity contribution in [3.05, 3.63) is 34.4 Å². The third-order valence-electron chi connectivity index (χ3n) is 2.35. The fraction of sp³-hybridized carbons (Fsp3) is 0.0909. The highest BCUT2D eigenvalue weighted by atomic mass is 35.5. The van der Waals surface area contributed by atoms with Crippen LogP contribution in [-0.2, 0) is 10.0 Å². The van der Waals surface area contributed by atoms with Gasteiger partial charge in [-0.25, -0.2) is 18.1 Å². The minimum atomic E-state index is -4.01. The molecule has 0 aliphatic heterocycles. The van der Waals surface area contributed by atoms with Crippen LogP contribution < -0.4 is 15.2 Å². The summed E-state index contributed by atoms with van der Waals surface area (Å²) in [5.41, 5.74) is 5.82. The van der Waals surface area contributed by atoms with Gasteiger partial charge in [-0.15, -0.1) is 0 Å². The zero-order valence-electron chi connectivity index (χ0n) is 10.7. The lowest BCUT2D eigenvalue weighted by molar-refractivity contribution is 0.397. The maximum Gasteiger partial charge on any atom is 0.265 e. The smallest absolute Gasteiger partial charge is 0.265 e. The Morgan fingerprint density at radius 1 is 1.24 bits per heavy atom. The van der Waals surface area contributed by atoms with Crippen LogP contribution in [0, 0.1) is 0 Å². The molecule has 21 heavy (non-hydrogen) atoms. The molecule has 1 heterocycles. The predicted molar refractivity (Wildman–Crippen MR) is 80.3 cm³/mol. The minimum absolute atomic E-state index is 0.0192. The van der Waals surface area contributed by atoms with Gasteiger partial charge in [0.05, 0.1) is 12.1 Å². The number of nitrogens with two attached hydrogens (primary N) is 1. The van der Waals surface area contributed by atoms with Crippen molar-refractivity contribution in [1.82, 2.24) is 9.97 Å². The van der Waals surface area contributed by atoms with Crippen molar-refractivity contribution in [3.8, 4) is 5.88 Å². The van der Waals surface area contributed by atoms with Crippen molar-refractivity contribution < 1.29 is 13.2 Å². The van der Waals surface area contributed by atoms with E-state index in [1.165, 1.54) is 31.4 Å². The number of rotatable bonds is 4. The van der Waals surface area contributed by atoms with Gasteiger partial charge in [-0.2, -0.15) is 4.98 Å². The lowest BCUT2D eigenvalue weighted by Crippen LogP contribution is -2.16. The number of hydrogen-bond donors (Lipinski definition) is 2. The van der Waals surface area contributed by atoms with Gasteiger partial charge in [-0.05, 0) is 18.2 Å². The van der Waals surface area contributed by atoms with Crippen LogP contribution >= 0.6 is 23.2 Å². The molecule has 0 fully saturated rings. The first-order valence-corrected chi connectivity index (χ1v) is 7.72. The Morgan fingerprint density at radius 3 is 2.62 bits per heavy atom. The van der Waals surface area contributed by atoms with Crippen molar-refractivity contribution in [2.75, 3.05) is 17.6 Å². The number of nitrogens with one attached hydrogen (secondary N) is 1. The molecule has 2 rings (SSSR count). The molecule has 0 bridgehead atoms. The molecule has 1 aromatic carbocycles. The summed E-state index contributed by atoms with van der Waals surface area (Å²) in [5, 5.41) is 0.0453. The van der Waals surface area contributed by atoms with E-state index in [-0.39, 0.29) is 32.6 Å². The lowest BCUT2D eigenvalue weighted by atomic mass is 10.3. The SMILES string of the molecule is COc1cc(Cl)nc(NS(=O)(=O)c2cc(N)ccc2Cl)n1. The first-order valence-electron chi connectivity index (χ1n) is 5.48. The molecule has 2 aromatic rings. The second-order valence-electron chi connectivity index (χ2n) is 3.85. The van der Waals surface area contributed by atoms with Gasteiger partial charge in [0, 0.05) is 11.8 Å². The molecule has 7 nitrogen and oxygen atoms in total. The Bertz CT molecular complexity index is 783. The average Bonchev–Trinajstić information content (AvgIpc) is 2.40. The normalized spacial score (nSPS) is 11.2. The van der Waals surface area contributed by atoms with Gasteiger partial charge in [0.15, 0.2) is 0 Å². The second kappa shape index (κ2) is 5.92. The number of methoxy groups -OCH3 is 1. The van der Waals surface area contributed by atoms with Gasteiger partial charge < -0.3 is 10.5 Å². The monoisotopic (exact) mass is 348 g/mol. The van der Waals surface area contributed by atoms with E-state index in [0.29, 0.717) is 0 Å². The number of ether oxygens (including phenoxy) is 1. The minimum Gasteiger partial charge on any atom is -0.481 e. The summed E-state index contributed by atoms with van der Waals surface area (Å²) in [6.07, 6.45) is 0. The summed E-state index contributed by atoms with van der Waals surface area (Å²) < 4.78 is 31.6. The molecule has 0 aliphatic carbocycles. The van der Waals surface area contributed by atoms with Crippen molar-refractivity contribution in [2.24, 2.45) is 0 Å². The topological polar surface area (TPSA) is 107 Å². The Morgan fingerprint density at radius 2 is 1.95 bits per heavy atom. The number of nitrogen functional groups attached to an aromatic ring is 1. The Balaban J connectivity index is 2.42. The molecule has 0 amide bonds. The standard InChI is InChI=1S/C11H10Cl2N4O3S/c1-20-10-5-9(13)15-11(16-10)17-21(18,19)8-4-6(14)2-3-7(8)12/h2-5H,14H2,1H3,(H,15,16,17). The van der Waals surface area contributed by atoms with E-state index in [1.807, 2.05) is 0 Å². The summed E-state index contributed by atoms with van der Waals surface area (Å²) in [6, 6.07) is 5.43. The predicted octanol–water partition coefficient (Wildman–Crippen LogP) is 2.17. The van der Waals surface area contributed by atoms with Crippen molar-refractivity contribution in [2.45, 2.75) is 4.90 Å². The van der Waals surface area contributed by atoms with E-state index >= 15 is 0 Å². The van der Waals surface area contributed by atoms with E-state index in [2.05, 4.69) is 14.7 Å². The Kier molecular flexibility index (Phi) is 4.40. The number of aromatic nitrogens is 2. The number of benzene rings is 1. The molecule has 1 aromatic heterocycles. The number of nitrogens with zero attached hydrogens (tertiary/aromatic N) is 2. The molecule has 0 atom stereocenters. The molecule has 0 aliphatic rings. The van der Waals surface area contributed by atoms with E-state index in [0.717, 1.165) is 0 Å². The highest BCUT2D eigenvalue weighted by Gasteiger charge is 2.20. The Hall–Kier alpha value is -1.77. The Labute approximate surface area is 131 Å². The summed E-state index contributed by atoms with van der Waals surface area (Å²) >= 11 is 11.6. The van der Waals surface area contributed by atoms with Gasteiger partial charge >= 0.3 is 0 Å². The fourth-order valence-electron chi connectivity index (χ4n) is 1.45. The van der Waals surface area contributed by atoms with Crippen molar-refractivity contribution in [3.63, 3.8) is 0 Å². The zero-order chi connectivity index (χ0) is 15.6. The summed E-state index contributed by atoms with van der Waals surface area (Å²) in [6.45, 7) is 0. The van der Waals surface area contributed by atoms with Crippen LogP contribution in [-0.4, -0.2) is 25.5 Å². The van der Waals surface area contributed by atoms with Crippen LogP contribution in [0.4, 0.5) is 11.6 Å². The lowest BCUT2D eigenvalue weighted by Gasteiger charge is -2.09. The van der Waals surface area contributed by atoms with Crippen LogP contribution in [0.15, 0.2) is 29.2 Å². The third-order valence-corrected chi connectivity index (χ3v) is 4.35. The zero-order valence-corrected chi connectivity index (χ0v) is 13.0. The van der Waals surface area contributed by atoms with Crippen molar-refractivity contribution >= 4 is 44.9 Å². The van der Waals surface area contributed by atoms with Gasteiger partial charge in [-0.3, -0.25) is 0 Å². The molecular formula is C11H10Cl2N4O3S. The van der Waals surface area contributed by atoms with Gasteiger partial charge in [0.1, 0.15) is 10.0 Å². The highest BCUT2D eigenvalue weighted by molar-refractivity contribution is 7.92. The first-order chi connectivity index (χ1) is 9.81. The average molecular weight is 349 g/mol. The van der Waals surface area contributed by atoms with Crippen LogP contribution in [0.25, 0.3) is 0 Å². The summed E-state index contributed by atoms with van der Waals surface area (Å²) in [4.78, 5) is 7.40. The largest absolute Gasteiger partial charge is 0.481 e.